The SMILES string of the molecule is Cc1ccc(F)c(C(=O)NC2CCCC2CN)c1.Cl. The molecular formula is C14H20ClFN2O. The molecule has 0 radical (unpaired) electrons. The predicted molar refractivity (Wildman–Crippen MR) is 76.0 cm³/mol. The highest BCUT2D eigenvalue weighted by Gasteiger charge is 2.28. The van der Waals surface area contributed by atoms with Crippen LogP contribution in [0, 0.1) is 18.7 Å². The van der Waals surface area contributed by atoms with Gasteiger partial charge in [-0.05, 0) is 44.4 Å². The highest BCUT2D eigenvalue weighted by molar-refractivity contribution is 5.94. The van der Waals surface area contributed by atoms with E-state index in [9.17, 15) is 9.18 Å². The second kappa shape index (κ2) is 6.87. The van der Waals surface area contributed by atoms with Crippen LogP contribution < -0.4 is 11.1 Å². The Hall–Kier alpha value is -1.13. The number of hydrogen-bond acceptors (Lipinski definition) is 2. The Morgan fingerprint density at radius 1 is 1.47 bits per heavy atom. The number of rotatable bonds is 3. The molecule has 1 aromatic carbocycles. The Bertz CT molecular complexity index is 453. The molecule has 1 saturated carbocycles. The van der Waals surface area contributed by atoms with Crippen molar-refractivity contribution in [1.29, 1.82) is 0 Å². The lowest BCUT2D eigenvalue weighted by Gasteiger charge is -2.19. The molecule has 0 saturated heterocycles. The third-order valence-electron chi connectivity index (χ3n) is 3.64. The van der Waals surface area contributed by atoms with E-state index >= 15 is 0 Å². The summed E-state index contributed by atoms with van der Waals surface area (Å²) in [6, 6.07) is 4.66. The van der Waals surface area contributed by atoms with Crippen LogP contribution in [0.25, 0.3) is 0 Å². The molecular weight excluding hydrogens is 267 g/mol. The summed E-state index contributed by atoms with van der Waals surface area (Å²) in [5, 5.41) is 2.91. The molecule has 0 aliphatic heterocycles. The molecule has 0 aromatic heterocycles. The van der Waals surface area contributed by atoms with Crippen molar-refractivity contribution in [3.05, 3.63) is 35.1 Å². The predicted octanol–water partition coefficient (Wildman–Crippen LogP) is 2.41. The van der Waals surface area contributed by atoms with Crippen molar-refractivity contribution in [2.75, 3.05) is 6.54 Å². The minimum Gasteiger partial charge on any atom is -0.349 e. The van der Waals surface area contributed by atoms with Crippen molar-refractivity contribution in [3.63, 3.8) is 0 Å². The molecule has 1 aromatic rings. The average molecular weight is 287 g/mol. The number of halogens is 2. The molecule has 3 N–H and O–H groups in total. The van der Waals surface area contributed by atoms with E-state index in [2.05, 4.69) is 5.32 Å². The van der Waals surface area contributed by atoms with Crippen molar-refractivity contribution in [2.24, 2.45) is 11.7 Å². The second-order valence-electron chi connectivity index (χ2n) is 4.99. The lowest BCUT2D eigenvalue weighted by Crippen LogP contribution is -2.40. The first kappa shape index (κ1) is 15.9. The van der Waals surface area contributed by atoms with Crippen LogP contribution in [0.1, 0.15) is 35.2 Å². The maximum atomic E-state index is 13.6. The second-order valence-corrected chi connectivity index (χ2v) is 4.99. The van der Waals surface area contributed by atoms with Gasteiger partial charge in [0.15, 0.2) is 0 Å². The number of benzene rings is 1. The Labute approximate surface area is 119 Å². The molecule has 1 amide bonds. The lowest BCUT2D eigenvalue weighted by atomic mass is 10.0. The van der Waals surface area contributed by atoms with E-state index in [-0.39, 0.29) is 29.9 Å². The molecule has 5 heteroatoms. The normalized spacial score (nSPS) is 21.8. The van der Waals surface area contributed by atoms with Gasteiger partial charge in [0.25, 0.3) is 5.91 Å². The van der Waals surface area contributed by atoms with Gasteiger partial charge in [0.2, 0.25) is 0 Å². The fraction of sp³-hybridized carbons (Fsp3) is 0.500. The standard InChI is InChI=1S/C14H19FN2O.ClH/c1-9-5-6-12(15)11(7-9)14(18)17-13-4-2-3-10(13)8-16;/h5-7,10,13H,2-4,8,16H2,1H3,(H,17,18);1H. The van der Waals surface area contributed by atoms with Crippen molar-refractivity contribution in [2.45, 2.75) is 32.2 Å². The molecule has 1 fully saturated rings. The zero-order valence-corrected chi connectivity index (χ0v) is 11.8. The molecule has 106 valence electrons. The average Bonchev–Trinajstić information content (AvgIpc) is 2.79. The van der Waals surface area contributed by atoms with E-state index in [1.54, 1.807) is 12.1 Å². The number of amides is 1. The Morgan fingerprint density at radius 2 is 2.21 bits per heavy atom. The summed E-state index contributed by atoms with van der Waals surface area (Å²) >= 11 is 0. The van der Waals surface area contributed by atoms with Crippen molar-refractivity contribution < 1.29 is 9.18 Å². The summed E-state index contributed by atoms with van der Waals surface area (Å²) in [7, 11) is 0. The first-order valence-corrected chi connectivity index (χ1v) is 6.39. The van der Waals surface area contributed by atoms with Gasteiger partial charge in [0, 0.05) is 6.04 Å². The van der Waals surface area contributed by atoms with Gasteiger partial charge in [-0.25, -0.2) is 4.39 Å². The molecule has 19 heavy (non-hydrogen) atoms. The summed E-state index contributed by atoms with van der Waals surface area (Å²) < 4.78 is 13.6. The summed E-state index contributed by atoms with van der Waals surface area (Å²) in [5.41, 5.74) is 6.67. The fourth-order valence-corrected chi connectivity index (χ4v) is 2.57. The third-order valence-corrected chi connectivity index (χ3v) is 3.64. The summed E-state index contributed by atoms with van der Waals surface area (Å²) in [4.78, 5) is 12.0. The molecule has 0 spiro atoms. The monoisotopic (exact) mass is 286 g/mol. The van der Waals surface area contributed by atoms with Gasteiger partial charge in [0.1, 0.15) is 5.82 Å². The Morgan fingerprint density at radius 3 is 2.89 bits per heavy atom. The number of carbonyl (C=O) groups excluding carboxylic acids is 1. The maximum absolute atomic E-state index is 13.6. The molecule has 1 aliphatic carbocycles. The van der Waals surface area contributed by atoms with E-state index in [1.165, 1.54) is 6.07 Å². The molecule has 2 rings (SSSR count). The van der Waals surface area contributed by atoms with Crippen LogP contribution in [0.5, 0.6) is 0 Å². The Kier molecular flexibility index (Phi) is 5.76. The van der Waals surface area contributed by atoms with E-state index in [0.29, 0.717) is 12.5 Å². The van der Waals surface area contributed by atoms with E-state index < -0.39 is 5.82 Å². The third kappa shape index (κ3) is 3.67. The van der Waals surface area contributed by atoms with E-state index in [0.717, 1.165) is 24.8 Å². The lowest BCUT2D eigenvalue weighted by molar-refractivity contribution is 0.0924. The van der Waals surface area contributed by atoms with Crippen LogP contribution in [0.3, 0.4) is 0 Å². The van der Waals surface area contributed by atoms with Gasteiger partial charge < -0.3 is 11.1 Å². The summed E-state index contributed by atoms with van der Waals surface area (Å²) in [5.74, 6) is -0.483. The largest absolute Gasteiger partial charge is 0.349 e. The number of aryl methyl sites for hydroxylation is 1. The summed E-state index contributed by atoms with van der Waals surface area (Å²) in [6.07, 6.45) is 3.04. The van der Waals surface area contributed by atoms with E-state index in [4.69, 9.17) is 5.73 Å². The van der Waals surface area contributed by atoms with Gasteiger partial charge in [0.05, 0.1) is 5.56 Å². The molecule has 0 heterocycles. The van der Waals surface area contributed by atoms with Crippen LogP contribution in [0.4, 0.5) is 4.39 Å². The Balaban J connectivity index is 0.00000180. The number of carbonyl (C=O) groups is 1. The topological polar surface area (TPSA) is 55.1 Å². The quantitative estimate of drug-likeness (QED) is 0.896. The highest BCUT2D eigenvalue weighted by atomic mass is 35.5. The number of nitrogens with one attached hydrogen (secondary N) is 1. The maximum Gasteiger partial charge on any atom is 0.254 e. The van der Waals surface area contributed by atoms with Crippen molar-refractivity contribution in [3.8, 4) is 0 Å². The fourth-order valence-electron chi connectivity index (χ4n) is 2.57. The van der Waals surface area contributed by atoms with E-state index in [1.807, 2.05) is 6.92 Å². The van der Waals surface area contributed by atoms with Crippen molar-refractivity contribution in [1.82, 2.24) is 5.32 Å². The molecule has 2 atom stereocenters. The van der Waals surface area contributed by atoms with Crippen LogP contribution >= 0.6 is 12.4 Å². The van der Waals surface area contributed by atoms with Crippen LogP contribution in [-0.4, -0.2) is 18.5 Å². The van der Waals surface area contributed by atoms with Gasteiger partial charge in [-0.1, -0.05) is 18.1 Å². The minimum atomic E-state index is -0.472. The minimum absolute atomic E-state index is 0. The first-order chi connectivity index (χ1) is 8.61. The smallest absolute Gasteiger partial charge is 0.254 e. The molecule has 3 nitrogen and oxygen atoms in total. The highest BCUT2D eigenvalue weighted by Crippen LogP contribution is 2.25. The van der Waals surface area contributed by atoms with Crippen LogP contribution in [0.2, 0.25) is 0 Å². The van der Waals surface area contributed by atoms with Crippen LogP contribution in [0.15, 0.2) is 18.2 Å². The number of hydrogen-bond donors (Lipinski definition) is 2. The summed E-state index contributed by atoms with van der Waals surface area (Å²) in [6.45, 7) is 2.41. The number of nitrogens with two attached hydrogens (primary N) is 1. The zero-order valence-electron chi connectivity index (χ0n) is 11.0. The first-order valence-electron chi connectivity index (χ1n) is 6.39. The van der Waals surface area contributed by atoms with Gasteiger partial charge in [-0.2, -0.15) is 0 Å². The van der Waals surface area contributed by atoms with Crippen molar-refractivity contribution >= 4 is 18.3 Å². The molecule has 0 bridgehead atoms. The molecule has 2 unspecified atom stereocenters. The van der Waals surface area contributed by atoms with Gasteiger partial charge >= 0.3 is 0 Å². The van der Waals surface area contributed by atoms with Crippen LogP contribution in [-0.2, 0) is 0 Å². The van der Waals surface area contributed by atoms with Gasteiger partial charge in [-0.15, -0.1) is 12.4 Å². The zero-order chi connectivity index (χ0) is 13.1. The van der Waals surface area contributed by atoms with Gasteiger partial charge in [-0.3, -0.25) is 4.79 Å². The molecule has 1 aliphatic rings.